The van der Waals surface area contributed by atoms with E-state index >= 15 is 0 Å². The van der Waals surface area contributed by atoms with Gasteiger partial charge in [-0.2, -0.15) is 0 Å². The van der Waals surface area contributed by atoms with Gasteiger partial charge < -0.3 is 10.0 Å². The minimum atomic E-state index is -0.454. The van der Waals surface area contributed by atoms with Crippen LogP contribution < -0.4 is 0 Å². The van der Waals surface area contributed by atoms with Crippen LogP contribution in [0, 0.1) is 17.7 Å². The zero-order valence-electron chi connectivity index (χ0n) is 10.8. The number of benzene rings is 1. The normalized spacial score (nSPS) is 13.6. The first-order valence-electron chi connectivity index (χ1n) is 6.37. The summed E-state index contributed by atoms with van der Waals surface area (Å²) < 4.78 is 13.3. The molecule has 0 aromatic heterocycles. The van der Waals surface area contributed by atoms with Gasteiger partial charge in [-0.1, -0.05) is 11.8 Å². The van der Waals surface area contributed by atoms with Crippen LogP contribution >= 0.6 is 0 Å². The highest BCUT2D eigenvalue weighted by Gasteiger charge is 2.32. The topological polar surface area (TPSA) is 40.5 Å². The van der Waals surface area contributed by atoms with E-state index in [1.54, 1.807) is 4.90 Å². The van der Waals surface area contributed by atoms with Crippen molar-refractivity contribution in [2.45, 2.75) is 25.8 Å². The fourth-order valence-electron chi connectivity index (χ4n) is 2.05. The lowest BCUT2D eigenvalue weighted by molar-refractivity contribution is 0.0751. The Labute approximate surface area is 112 Å². The number of carbonyl (C=O) groups excluding carboxylic acids is 1. The lowest BCUT2D eigenvalue weighted by atomic mass is 10.1. The average Bonchev–Trinajstić information content (AvgIpc) is 3.22. The van der Waals surface area contributed by atoms with Crippen molar-refractivity contribution in [3.63, 3.8) is 0 Å². The molecule has 1 saturated carbocycles. The molecule has 1 fully saturated rings. The minimum absolute atomic E-state index is 0.188. The van der Waals surface area contributed by atoms with Gasteiger partial charge in [0.15, 0.2) is 0 Å². The van der Waals surface area contributed by atoms with E-state index in [4.69, 9.17) is 5.11 Å². The molecule has 0 heterocycles. The van der Waals surface area contributed by atoms with Gasteiger partial charge in [0.1, 0.15) is 12.4 Å². The third-order valence-electron chi connectivity index (χ3n) is 3.10. The minimum Gasteiger partial charge on any atom is -0.384 e. The molecule has 0 saturated heterocycles. The first kappa shape index (κ1) is 13.6. The third kappa shape index (κ3) is 3.12. The van der Waals surface area contributed by atoms with Gasteiger partial charge >= 0.3 is 0 Å². The number of amides is 1. The van der Waals surface area contributed by atoms with Crippen molar-refractivity contribution < 1.29 is 14.3 Å². The van der Waals surface area contributed by atoms with Gasteiger partial charge in [-0.25, -0.2) is 4.39 Å². The summed E-state index contributed by atoms with van der Waals surface area (Å²) in [5, 5.41) is 8.72. The van der Waals surface area contributed by atoms with E-state index in [2.05, 4.69) is 11.8 Å². The van der Waals surface area contributed by atoms with Gasteiger partial charge in [-0.05, 0) is 38.0 Å². The molecule has 0 bridgehead atoms. The smallest absolute Gasteiger partial charge is 0.255 e. The van der Waals surface area contributed by atoms with E-state index in [0.29, 0.717) is 12.1 Å². The van der Waals surface area contributed by atoms with E-state index in [9.17, 15) is 9.18 Å². The molecule has 1 aromatic carbocycles. The maximum Gasteiger partial charge on any atom is 0.255 e. The van der Waals surface area contributed by atoms with Gasteiger partial charge in [0.2, 0.25) is 0 Å². The van der Waals surface area contributed by atoms with E-state index in [-0.39, 0.29) is 24.1 Å². The molecule has 3 nitrogen and oxygen atoms in total. The summed E-state index contributed by atoms with van der Waals surface area (Å²) in [6.07, 6.45) is 2.01. The zero-order chi connectivity index (χ0) is 13.8. The van der Waals surface area contributed by atoms with E-state index < -0.39 is 5.82 Å². The second kappa shape index (κ2) is 5.85. The van der Waals surface area contributed by atoms with Crippen molar-refractivity contribution >= 4 is 5.91 Å². The second-order valence-corrected chi connectivity index (χ2v) is 4.47. The van der Waals surface area contributed by atoms with E-state index in [1.807, 2.05) is 6.92 Å². The van der Waals surface area contributed by atoms with Crippen molar-refractivity contribution in [1.29, 1.82) is 0 Å². The summed E-state index contributed by atoms with van der Waals surface area (Å²) in [5.41, 5.74) is 0.731. The molecule has 0 spiro atoms. The Morgan fingerprint density at radius 2 is 2.26 bits per heavy atom. The molecule has 4 heteroatoms. The SMILES string of the molecule is CCN(C(=O)c1cc(F)ccc1C#CCO)C1CC1. The number of aliphatic hydroxyl groups excluding tert-OH is 1. The van der Waals surface area contributed by atoms with Crippen LogP contribution in [0.1, 0.15) is 35.7 Å². The highest BCUT2D eigenvalue weighted by atomic mass is 19.1. The molecule has 2 rings (SSSR count). The van der Waals surface area contributed by atoms with Crippen LogP contribution in [0.3, 0.4) is 0 Å². The summed E-state index contributed by atoms with van der Waals surface area (Å²) in [7, 11) is 0. The van der Waals surface area contributed by atoms with Crippen LogP contribution in [0.4, 0.5) is 4.39 Å². The number of hydrogen-bond donors (Lipinski definition) is 1. The van der Waals surface area contributed by atoms with Gasteiger partial charge in [0.25, 0.3) is 5.91 Å². The van der Waals surface area contributed by atoms with Crippen LogP contribution in [0.25, 0.3) is 0 Å². The van der Waals surface area contributed by atoms with Crippen LogP contribution in [0.2, 0.25) is 0 Å². The predicted octanol–water partition coefficient (Wildman–Crippen LogP) is 1.79. The third-order valence-corrected chi connectivity index (χ3v) is 3.10. The molecule has 0 aliphatic heterocycles. The summed E-state index contributed by atoms with van der Waals surface area (Å²) in [4.78, 5) is 14.2. The van der Waals surface area contributed by atoms with Gasteiger partial charge in [0, 0.05) is 18.2 Å². The van der Waals surface area contributed by atoms with Crippen molar-refractivity contribution in [2.75, 3.05) is 13.2 Å². The van der Waals surface area contributed by atoms with Crippen LogP contribution in [0.5, 0.6) is 0 Å². The maximum absolute atomic E-state index is 13.3. The highest BCUT2D eigenvalue weighted by Crippen LogP contribution is 2.28. The zero-order valence-corrected chi connectivity index (χ0v) is 10.8. The van der Waals surface area contributed by atoms with Crippen molar-refractivity contribution in [2.24, 2.45) is 0 Å². The molecule has 100 valence electrons. The molecule has 0 unspecified atom stereocenters. The number of aliphatic hydroxyl groups is 1. The Bertz CT molecular complexity index is 541. The Morgan fingerprint density at radius 1 is 1.53 bits per heavy atom. The van der Waals surface area contributed by atoms with E-state index in [0.717, 1.165) is 12.8 Å². The Morgan fingerprint density at radius 3 is 2.84 bits per heavy atom. The fraction of sp³-hybridized carbons (Fsp3) is 0.400. The lowest BCUT2D eigenvalue weighted by Crippen LogP contribution is -2.33. The number of hydrogen-bond acceptors (Lipinski definition) is 2. The number of halogens is 1. The Balaban J connectivity index is 2.35. The molecule has 1 aliphatic rings. The van der Waals surface area contributed by atoms with Crippen molar-refractivity contribution in [3.05, 3.63) is 35.1 Å². The largest absolute Gasteiger partial charge is 0.384 e. The predicted molar refractivity (Wildman–Crippen MR) is 70.1 cm³/mol. The highest BCUT2D eigenvalue weighted by molar-refractivity contribution is 5.97. The fourth-order valence-corrected chi connectivity index (χ4v) is 2.05. The molecular weight excluding hydrogens is 245 g/mol. The molecule has 19 heavy (non-hydrogen) atoms. The van der Waals surface area contributed by atoms with E-state index in [1.165, 1.54) is 18.2 Å². The molecule has 1 amide bonds. The number of nitrogens with zero attached hydrogens (tertiary/aromatic N) is 1. The number of rotatable bonds is 3. The lowest BCUT2D eigenvalue weighted by Gasteiger charge is -2.21. The molecule has 1 aromatic rings. The standard InChI is InChI=1S/C15H16FNO2/c1-2-17(13-7-8-13)15(19)14-10-12(16)6-5-11(14)4-3-9-18/h5-6,10,13,18H,2,7-9H2,1H3. The Hall–Kier alpha value is -1.86. The quantitative estimate of drug-likeness (QED) is 0.843. The van der Waals surface area contributed by atoms with Crippen LogP contribution in [-0.4, -0.2) is 35.1 Å². The molecule has 1 aliphatic carbocycles. The molecule has 1 N–H and O–H groups in total. The Kier molecular flexibility index (Phi) is 4.18. The molecule has 0 radical (unpaired) electrons. The van der Waals surface area contributed by atoms with Crippen molar-refractivity contribution in [1.82, 2.24) is 4.90 Å². The van der Waals surface area contributed by atoms with Gasteiger partial charge in [-0.3, -0.25) is 4.79 Å². The number of carbonyl (C=O) groups is 1. The van der Waals surface area contributed by atoms with Crippen LogP contribution in [0.15, 0.2) is 18.2 Å². The monoisotopic (exact) mass is 261 g/mol. The first-order chi connectivity index (χ1) is 9.17. The van der Waals surface area contributed by atoms with Crippen molar-refractivity contribution in [3.8, 4) is 11.8 Å². The van der Waals surface area contributed by atoms with Gasteiger partial charge in [-0.15, -0.1) is 0 Å². The summed E-state index contributed by atoms with van der Waals surface area (Å²) in [5.74, 6) is 4.55. The average molecular weight is 261 g/mol. The second-order valence-electron chi connectivity index (χ2n) is 4.47. The van der Waals surface area contributed by atoms with Crippen LogP contribution in [-0.2, 0) is 0 Å². The first-order valence-corrected chi connectivity index (χ1v) is 6.37. The van der Waals surface area contributed by atoms with Gasteiger partial charge in [0.05, 0.1) is 5.56 Å². The summed E-state index contributed by atoms with van der Waals surface area (Å²) >= 11 is 0. The molecule has 0 atom stereocenters. The maximum atomic E-state index is 13.3. The summed E-state index contributed by atoms with van der Waals surface area (Å²) in [6, 6.07) is 4.24. The molecular formula is C15H16FNO2. The summed E-state index contributed by atoms with van der Waals surface area (Å²) in [6.45, 7) is 2.23.